The van der Waals surface area contributed by atoms with Crippen LogP contribution in [0.2, 0.25) is 0 Å². The van der Waals surface area contributed by atoms with Crippen LogP contribution < -0.4 is 10.5 Å². The normalized spacial score (nSPS) is 10.5. The van der Waals surface area contributed by atoms with Crippen LogP contribution in [0.5, 0.6) is 5.75 Å². The maximum absolute atomic E-state index is 5.85. The summed E-state index contributed by atoms with van der Waals surface area (Å²) in [4.78, 5) is 0. The van der Waals surface area contributed by atoms with E-state index < -0.39 is 0 Å². The zero-order valence-electron chi connectivity index (χ0n) is 9.93. The second kappa shape index (κ2) is 5.14. The third-order valence-corrected chi connectivity index (χ3v) is 3.39. The van der Waals surface area contributed by atoms with Crippen LogP contribution in [0.1, 0.15) is 15.6 Å². The Kier molecular flexibility index (Phi) is 3.58. The Morgan fingerprint density at radius 2 is 2.12 bits per heavy atom. The molecule has 2 rings (SSSR count). The predicted octanol–water partition coefficient (Wildman–Crippen LogP) is 2.22. The van der Waals surface area contributed by atoms with E-state index in [0.717, 1.165) is 28.6 Å². The molecule has 0 aliphatic heterocycles. The first-order chi connectivity index (χ1) is 8.19. The number of hydrogen-bond donors (Lipinski definition) is 1. The van der Waals surface area contributed by atoms with Crippen LogP contribution in [0.4, 0.5) is 5.69 Å². The first-order valence-electron chi connectivity index (χ1n) is 5.40. The Morgan fingerprint density at radius 1 is 1.29 bits per heavy atom. The summed E-state index contributed by atoms with van der Waals surface area (Å²) in [5.74, 6) is 0.723. The fourth-order valence-electron chi connectivity index (χ4n) is 1.63. The van der Waals surface area contributed by atoms with Gasteiger partial charge in [0.2, 0.25) is 0 Å². The summed E-state index contributed by atoms with van der Waals surface area (Å²) in [6.45, 7) is 1.96. The van der Waals surface area contributed by atoms with Gasteiger partial charge in [0.15, 0.2) is 0 Å². The van der Waals surface area contributed by atoms with Crippen LogP contribution >= 0.6 is 11.3 Å². The molecule has 0 atom stereocenters. The van der Waals surface area contributed by atoms with Crippen molar-refractivity contribution >= 4 is 17.0 Å². The lowest BCUT2D eigenvalue weighted by atomic mass is 10.1. The smallest absolute Gasteiger partial charge is 0.141 e. The van der Waals surface area contributed by atoms with Crippen molar-refractivity contribution in [3.63, 3.8) is 0 Å². The summed E-state index contributed by atoms with van der Waals surface area (Å²) in [6.07, 6.45) is 1.82. The molecule has 0 aliphatic carbocycles. The number of anilines is 1. The number of nitrogens with two attached hydrogens (primary N) is 1. The molecule has 0 fully saturated rings. The zero-order valence-corrected chi connectivity index (χ0v) is 10.8. The molecule has 0 saturated heterocycles. The maximum Gasteiger partial charge on any atom is 0.141 e. The molecule has 90 valence electrons. The maximum atomic E-state index is 5.85. The first-order valence-corrected chi connectivity index (χ1v) is 6.22. The fraction of sp³-hybridized carbons (Fsp3) is 0.333. The van der Waals surface area contributed by atoms with Crippen molar-refractivity contribution in [3.05, 3.63) is 33.8 Å². The van der Waals surface area contributed by atoms with Crippen molar-refractivity contribution < 1.29 is 4.74 Å². The fourth-order valence-corrected chi connectivity index (χ4v) is 2.34. The Morgan fingerprint density at radius 3 is 2.71 bits per heavy atom. The van der Waals surface area contributed by atoms with Gasteiger partial charge in [0, 0.05) is 6.42 Å². The standard InChI is InChI=1S/C12H15N3OS/c1-8-14-15-12(17-8)6-4-9-3-5-11(16-2)10(13)7-9/h3,5,7H,4,6,13H2,1-2H3. The molecular formula is C12H15N3OS. The number of nitrogens with zero attached hydrogens (tertiary/aromatic N) is 2. The number of methoxy groups -OCH3 is 1. The molecule has 0 unspecified atom stereocenters. The number of aromatic nitrogens is 2. The Labute approximate surface area is 104 Å². The van der Waals surface area contributed by atoms with Gasteiger partial charge < -0.3 is 10.5 Å². The molecule has 0 bridgehead atoms. The highest BCUT2D eigenvalue weighted by molar-refractivity contribution is 7.11. The summed E-state index contributed by atoms with van der Waals surface area (Å²) in [5, 5.41) is 10.2. The van der Waals surface area contributed by atoms with Crippen LogP contribution in [-0.2, 0) is 12.8 Å². The quantitative estimate of drug-likeness (QED) is 0.844. The van der Waals surface area contributed by atoms with Crippen molar-refractivity contribution in [2.45, 2.75) is 19.8 Å². The van der Waals surface area contributed by atoms with Crippen LogP contribution in [0.15, 0.2) is 18.2 Å². The van der Waals surface area contributed by atoms with Gasteiger partial charge in [-0.15, -0.1) is 21.5 Å². The monoisotopic (exact) mass is 249 g/mol. The van der Waals surface area contributed by atoms with E-state index in [1.807, 2.05) is 25.1 Å². The van der Waals surface area contributed by atoms with E-state index in [0.29, 0.717) is 5.69 Å². The third-order valence-electron chi connectivity index (χ3n) is 2.49. The summed E-state index contributed by atoms with van der Waals surface area (Å²) >= 11 is 1.64. The Balaban J connectivity index is 2.02. The predicted molar refractivity (Wildman–Crippen MR) is 69.5 cm³/mol. The van der Waals surface area contributed by atoms with E-state index in [4.69, 9.17) is 10.5 Å². The number of benzene rings is 1. The van der Waals surface area contributed by atoms with E-state index >= 15 is 0 Å². The minimum absolute atomic E-state index is 0.679. The molecule has 0 radical (unpaired) electrons. The van der Waals surface area contributed by atoms with Crippen molar-refractivity contribution in [3.8, 4) is 5.75 Å². The van der Waals surface area contributed by atoms with Crippen LogP contribution in [-0.4, -0.2) is 17.3 Å². The number of nitrogen functional groups attached to an aromatic ring is 1. The third kappa shape index (κ3) is 2.94. The second-order valence-electron chi connectivity index (χ2n) is 3.79. The molecule has 4 nitrogen and oxygen atoms in total. The van der Waals surface area contributed by atoms with Gasteiger partial charge in [-0.25, -0.2) is 0 Å². The molecular weight excluding hydrogens is 234 g/mol. The lowest BCUT2D eigenvalue weighted by molar-refractivity contribution is 0.417. The van der Waals surface area contributed by atoms with Crippen LogP contribution in [0.25, 0.3) is 0 Å². The summed E-state index contributed by atoms with van der Waals surface area (Å²) in [6, 6.07) is 5.88. The SMILES string of the molecule is COc1ccc(CCc2nnc(C)s2)cc1N. The lowest BCUT2D eigenvalue weighted by Crippen LogP contribution is -1.96. The van der Waals surface area contributed by atoms with Gasteiger partial charge in [0.25, 0.3) is 0 Å². The van der Waals surface area contributed by atoms with Gasteiger partial charge >= 0.3 is 0 Å². The van der Waals surface area contributed by atoms with E-state index in [1.54, 1.807) is 18.4 Å². The van der Waals surface area contributed by atoms with Crippen molar-refractivity contribution in [1.82, 2.24) is 10.2 Å². The van der Waals surface area contributed by atoms with Crippen LogP contribution in [0.3, 0.4) is 0 Å². The molecule has 2 N–H and O–H groups in total. The van der Waals surface area contributed by atoms with Gasteiger partial charge in [0.1, 0.15) is 15.8 Å². The van der Waals surface area contributed by atoms with Gasteiger partial charge in [-0.2, -0.15) is 0 Å². The molecule has 5 heteroatoms. The highest BCUT2D eigenvalue weighted by atomic mass is 32.1. The largest absolute Gasteiger partial charge is 0.495 e. The summed E-state index contributed by atoms with van der Waals surface area (Å²) < 4.78 is 5.12. The zero-order chi connectivity index (χ0) is 12.3. The molecule has 0 amide bonds. The minimum atomic E-state index is 0.679. The molecule has 0 saturated carbocycles. The molecule has 0 spiro atoms. The van der Waals surface area contributed by atoms with Crippen molar-refractivity contribution in [2.24, 2.45) is 0 Å². The highest BCUT2D eigenvalue weighted by Gasteiger charge is 2.04. The van der Waals surface area contributed by atoms with Gasteiger partial charge in [0.05, 0.1) is 12.8 Å². The number of hydrogen-bond acceptors (Lipinski definition) is 5. The van der Waals surface area contributed by atoms with E-state index in [9.17, 15) is 0 Å². The minimum Gasteiger partial charge on any atom is -0.495 e. The molecule has 17 heavy (non-hydrogen) atoms. The first kappa shape index (κ1) is 11.9. The average molecular weight is 249 g/mol. The van der Waals surface area contributed by atoms with Gasteiger partial charge in [-0.1, -0.05) is 6.07 Å². The van der Waals surface area contributed by atoms with E-state index in [1.165, 1.54) is 5.56 Å². The van der Waals surface area contributed by atoms with Crippen molar-refractivity contribution in [2.75, 3.05) is 12.8 Å². The van der Waals surface area contributed by atoms with Gasteiger partial charge in [-0.3, -0.25) is 0 Å². The summed E-state index contributed by atoms with van der Waals surface area (Å²) in [7, 11) is 1.62. The van der Waals surface area contributed by atoms with Gasteiger partial charge in [-0.05, 0) is 31.0 Å². The number of ether oxygens (including phenoxy) is 1. The van der Waals surface area contributed by atoms with Crippen LogP contribution in [0, 0.1) is 6.92 Å². The number of aryl methyl sites for hydroxylation is 3. The Bertz CT molecular complexity index is 510. The molecule has 1 heterocycles. The molecule has 1 aromatic carbocycles. The molecule has 0 aliphatic rings. The lowest BCUT2D eigenvalue weighted by Gasteiger charge is -2.06. The van der Waals surface area contributed by atoms with E-state index in [2.05, 4.69) is 10.2 Å². The average Bonchev–Trinajstić information content (AvgIpc) is 2.73. The van der Waals surface area contributed by atoms with Crippen molar-refractivity contribution in [1.29, 1.82) is 0 Å². The molecule has 1 aromatic heterocycles. The molecule has 2 aromatic rings. The Hall–Kier alpha value is -1.62. The summed E-state index contributed by atoms with van der Waals surface area (Å²) in [5.41, 5.74) is 7.72. The highest BCUT2D eigenvalue weighted by Crippen LogP contribution is 2.22. The topological polar surface area (TPSA) is 61.0 Å². The number of rotatable bonds is 4. The second-order valence-corrected chi connectivity index (χ2v) is 5.06. The van der Waals surface area contributed by atoms with E-state index in [-0.39, 0.29) is 0 Å².